The van der Waals surface area contributed by atoms with Crippen molar-refractivity contribution in [3.8, 4) is 33.4 Å². The Bertz CT molecular complexity index is 2790. The van der Waals surface area contributed by atoms with Crippen LogP contribution < -0.4 is 9.80 Å². The number of nitrogens with zero attached hydrogens (tertiary/aromatic N) is 2. The molecule has 3 aliphatic carbocycles. The molecule has 3 heteroatoms. The van der Waals surface area contributed by atoms with E-state index >= 15 is 0 Å². The quantitative estimate of drug-likeness (QED) is 0.127. The summed E-state index contributed by atoms with van der Waals surface area (Å²) in [6, 6.07) is 69.9. The molecule has 66 heavy (non-hydrogen) atoms. The number of anilines is 3. The monoisotopic (exact) mass is 1080 g/mol. The van der Waals surface area contributed by atoms with Crippen LogP contribution in [0, 0.1) is 31.1 Å². The Morgan fingerprint density at radius 3 is 1.27 bits per heavy atom. The Kier molecular flexibility index (Phi) is 15.7. The van der Waals surface area contributed by atoms with Crippen LogP contribution in [0.5, 0.6) is 0 Å². The Morgan fingerprint density at radius 2 is 0.818 bits per heavy atom. The molecule has 0 heterocycles. The van der Waals surface area contributed by atoms with E-state index in [0.717, 1.165) is 36.3 Å². The fraction of sp³-hybridized carbons (Fsp3) is 0.111. The molecule has 7 aromatic carbocycles. The van der Waals surface area contributed by atoms with Crippen molar-refractivity contribution in [2.45, 2.75) is 45.1 Å². The Hall–Kier alpha value is -6.63. The Balaban J connectivity index is 0.00000195. The van der Waals surface area contributed by atoms with Crippen LogP contribution in [0.25, 0.3) is 33.4 Å². The van der Waals surface area contributed by atoms with Crippen LogP contribution in [0.2, 0.25) is 0 Å². The molecule has 0 aliphatic heterocycles. The van der Waals surface area contributed by atoms with Crippen molar-refractivity contribution >= 4 is 17.1 Å². The number of hydrogen-bond acceptors (Lipinski definition) is 2. The van der Waals surface area contributed by atoms with Crippen LogP contribution in [0.4, 0.5) is 17.1 Å². The molecule has 0 N–H and O–H groups in total. The molecule has 0 aromatic heterocycles. The van der Waals surface area contributed by atoms with E-state index in [4.69, 9.17) is 0 Å². The minimum absolute atomic E-state index is 0. The van der Waals surface area contributed by atoms with Crippen LogP contribution in [0.1, 0.15) is 44.6 Å². The normalized spacial score (nSPS) is 16.2. The van der Waals surface area contributed by atoms with Gasteiger partial charge in [-0.3, -0.25) is 0 Å². The first-order chi connectivity index (χ1) is 32.2. The van der Waals surface area contributed by atoms with Gasteiger partial charge in [-0.25, -0.2) is 0 Å². The molecule has 3 aliphatic rings. The minimum atomic E-state index is 0. The summed E-state index contributed by atoms with van der Waals surface area (Å²) in [4.78, 5) is 4.91. The summed E-state index contributed by atoms with van der Waals surface area (Å²) in [5.74, 6) is 0.386. The average molecular weight is 1080 g/mol. The zero-order valence-electron chi connectivity index (χ0n) is 37.9. The van der Waals surface area contributed by atoms with E-state index in [1.54, 1.807) is 0 Å². The summed E-state index contributed by atoms with van der Waals surface area (Å²) in [6.07, 6.45) is 26.3. The van der Waals surface area contributed by atoms with Gasteiger partial charge < -0.3 is 9.80 Å². The molecule has 7 aromatic rings. The SMILES string of the molecule is C1=CC(N(c2ccc(-c3ccccc3)cc2)c2ccc(-c3ccccc3)cc2)=CCC=C1C1=CCC(N(C2=CC[C@H](c3ccccc3)C=C2)c2ccc(-c3ccccc3)cc2)C=C1.CC.[U]. The average Bonchev–Trinajstić information content (AvgIpc) is 3.65. The first kappa shape index (κ1) is 45.9. The molecule has 0 amide bonds. The van der Waals surface area contributed by atoms with Crippen LogP contribution in [-0.4, -0.2) is 6.04 Å². The van der Waals surface area contributed by atoms with E-state index in [1.165, 1.54) is 61.5 Å². The van der Waals surface area contributed by atoms with E-state index in [1.807, 2.05) is 13.8 Å². The maximum atomic E-state index is 2.53. The smallest absolute Gasteiger partial charge is 0.0560 e. The van der Waals surface area contributed by atoms with Crippen molar-refractivity contribution in [3.63, 3.8) is 0 Å². The molecular formula is C63H56N2U. The molecule has 0 saturated carbocycles. The van der Waals surface area contributed by atoms with Gasteiger partial charge in [-0.2, -0.15) is 0 Å². The number of rotatable bonds is 11. The molecule has 0 bridgehead atoms. The molecule has 10 rings (SSSR count). The second kappa shape index (κ2) is 22.5. The van der Waals surface area contributed by atoms with Gasteiger partial charge in [-0.15, -0.1) is 0 Å². The van der Waals surface area contributed by atoms with Crippen molar-refractivity contribution in [1.82, 2.24) is 0 Å². The first-order valence-corrected chi connectivity index (χ1v) is 23.2. The van der Waals surface area contributed by atoms with E-state index in [-0.39, 0.29) is 37.2 Å². The van der Waals surface area contributed by atoms with Gasteiger partial charge in [-0.05, 0) is 118 Å². The van der Waals surface area contributed by atoms with Crippen LogP contribution >= 0.6 is 0 Å². The van der Waals surface area contributed by atoms with Crippen molar-refractivity contribution in [1.29, 1.82) is 0 Å². The molecule has 1 unspecified atom stereocenters. The second-order valence-corrected chi connectivity index (χ2v) is 16.4. The summed E-state index contributed by atoms with van der Waals surface area (Å²) in [7, 11) is 0. The molecule has 0 spiro atoms. The van der Waals surface area contributed by atoms with E-state index < -0.39 is 0 Å². The maximum Gasteiger partial charge on any atom is 0.0560 e. The van der Waals surface area contributed by atoms with Crippen LogP contribution in [0.3, 0.4) is 0 Å². The summed E-state index contributed by atoms with van der Waals surface area (Å²) in [5, 5.41) is 0. The molecule has 0 fully saturated rings. The summed E-state index contributed by atoms with van der Waals surface area (Å²) in [6.45, 7) is 4.00. The van der Waals surface area contributed by atoms with E-state index in [9.17, 15) is 0 Å². The van der Waals surface area contributed by atoms with Crippen molar-refractivity contribution in [2.75, 3.05) is 9.80 Å². The topological polar surface area (TPSA) is 6.48 Å². The fourth-order valence-corrected chi connectivity index (χ4v) is 9.04. The zero-order valence-corrected chi connectivity index (χ0v) is 42.1. The van der Waals surface area contributed by atoms with Crippen molar-refractivity contribution in [2.24, 2.45) is 0 Å². The first-order valence-electron chi connectivity index (χ1n) is 23.2. The van der Waals surface area contributed by atoms with Gasteiger partial charge in [-0.1, -0.05) is 220 Å². The van der Waals surface area contributed by atoms with Gasteiger partial charge in [0.15, 0.2) is 0 Å². The van der Waals surface area contributed by atoms with Gasteiger partial charge in [0.25, 0.3) is 0 Å². The van der Waals surface area contributed by atoms with Gasteiger partial charge in [0.05, 0.1) is 6.04 Å². The molecule has 0 radical (unpaired) electrons. The molecule has 322 valence electrons. The molecular weight excluding hydrogens is 1020 g/mol. The molecule has 2 atom stereocenters. The summed E-state index contributed by atoms with van der Waals surface area (Å²) in [5.41, 5.74) is 17.0. The fourth-order valence-electron chi connectivity index (χ4n) is 9.04. The largest absolute Gasteiger partial charge is 0.335 e. The van der Waals surface area contributed by atoms with Gasteiger partial charge in [0.2, 0.25) is 0 Å². The third-order valence-electron chi connectivity index (χ3n) is 12.4. The third kappa shape index (κ3) is 10.7. The number of benzene rings is 7. The second-order valence-electron chi connectivity index (χ2n) is 16.4. The molecule has 0 saturated heterocycles. The Labute approximate surface area is 416 Å². The van der Waals surface area contributed by atoms with E-state index in [0.29, 0.717) is 5.92 Å². The predicted octanol–water partition coefficient (Wildman–Crippen LogP) is 17.0. The summed E-state index contributed by atoms with van der Waals surface area (Å²) >= 11 is 0. The van der Waals surface area contributed by atoms with Crippen LogP contribution in [0.15, 0.2) is 277 Å². The van der Waals surface area contributed by atoms with Gasteiger partial charge in [0, 0.05) is 65.5 Å². The number of hydrogen-bond donors (Lipinski definition) is 0. The zero-order chi connectivity index (χ0) is 44.2. The summed E-state index contributed by atoms with van der Waals surface area (Å²) < 4.78 is 0. The molecule has 2 nitrogen and oxygen atoms in total. The maximum absolute atomic E-state index is 2.53. The van der Waals surface area contributed by atoms with Crippen LogP contribution in [-0.2, 0) is 0 Å². The minimum Gasteiger partial charge on any atom is -0.335 e. The van der Waals surface area contributed by atoms with Crippen molar-refractivity contribution in [3.05, 3.63) is 283 Å². The van der Waals surface area contributed by atoms with Gasteiger partial charge in [0.1, 0.15) is 0 Å². The Morgan fingerprint density at radius 1 is 0.364 bits per heavy atom. The van der Waals surface area contributed by atoms with Crippen molar-refractivity contribution < 1.29 is 31.1 Å². The van der Waals surface area contributed by atoms with E-state index in [2.05, 4.69) is 265 Å². The third-order valence-corrected chi connectivity index (χ3v) is 12.4. The van der Waals surface area contributed by atoms with Gasteiger partial charge >= 0.3 is 0 Å². The number of allylic oxidation sites excluding steroid dienone is 10. The standard InChI is InChI=1S/C61H50N2.C2H6.U/c1-5-14-46(15-6-1)51-25-36-57(37-26-51)62(58-38-27-52(28-39-58)47-16-7-2-8-17-47)56-23-13-22-50(24-35-56)55-33-44-61(45-34-55)63(59-40-29-53(30-41-59)48-18-9-3-10-19-48)60-42-31-54(32-43-60)49-20-11-4-12-21-49;1-2;/h1-12,14-31,33-44,54,61H,13,32,45H2;1-2H3;/t54-,61?;;/m1../s1. The predicted molar refractivity (Wildman–Crippen MR) is 278 cm³/mol.